The van der Waals surface area contributed by atoms with Gasteiger partial charge in [0.2, 0.25) is 0 Å². The SMILES string of the molecule is CCOc1ccc(COCc2cc(C#N)c3ccccc3c2C#N)cc1. The van der Waals surface area contributed by atoms with Crippen LogP contribution in [0.1, 0.15) is 29.2 Å². The number of hydrogen-bond donors (Lipinski definition) is 0. The van der Waals surface area contributed by atoms with Crippen molar-refractivity contribution < 1.29 is 9.47 Å². The highest BCUT2D eigenvalue weighted by Crippen LogP contribution is 2.26. The molecule has 0 spiro atoms. The lowest BCUT2D eigenvalue weighted by Crippen LogP contribution is -1.99. The molecule has 0 heterocycles. The van der Waals surface area contributed by atoms with Gasteiger partial charge >= 0.3 is 0 Å². The largest absolute Gasteiger partial charge is 0.494 e. The van der Waals surface area contributed by atoms with E-state index in [4.69, 9.17) is 9.47 Å². The lowest BCUT2D eigenvalue weighted by molar-refractivity contribution is 0.107. The molecule has 3 rings (SSSR count). The quantitative estimate of drug-likeness (QED) is 0.651. The molecule has 4 heteroatoms. The summed E-state index contributed by atoms with van der Waals surface area (Å²) >= 11 is 0. The molecule has 0 aliphatic carbocycles. The Kier molecular flexibility index (Phi) is 5.49. The highest BCUT2D eigenvalue weighted by atomic mass is 16.5. The van der Waals surface area contributed by atoms with Gasteiger partial charge in [-0.25, -0.2) is 0 Å². The first-order chi connectivity index (χ1) is 12.8. The highest BCUT2D eigenvalue weighted by Gasteiger charge is 2.12. The Morgan fingerprint density at radius 1 is 0.885 bits per heavy atom. The first-order valence-electron chi connectivity index (χ1n) is 8.41. The second kappa shape index (κ2) is 8.16. The van der Waals surface area contributed by atoms with Crippen LogP contribution in [0.25, 0.3) is 10.8 Å². The van der Waals surface area contributed by atoms with Crippen LogP contribution < -0.4 is 4.74 Å². The minimum absolute atomic E-state index is 0.273. The van der Waals surface area contributed by atoms with Crippen molar-refractivity contribution in [3.05, 3.63) is 76.9 Å². The average Bonchev–Trinajstić information content (AvgIpc) is 2.68. The first-order valence-corrected chi connectivity index (χ1v) is 8.41. The van der Waals surface area contributed by atoms with E-state index in [0.29, 0.717) is 24.3 Å². The Morgan fingerprint density at radius 3 is 2.27 bits per heavy atom. The Hall–Kier alpha value is -3.34. The van der Waals surface area contributed by atoms with Crippen LogP contribution >= 0.6 is 0 Å². The van der Waals surface area contributed by atoms with Crippen molar-refractivity contribution in [2.24, 2.45) is 0 Å². The van der Waals surface area contributed by atoms with Gasteiger partial charge < -0.3 is 9.47 Å². The third-order valence-corrected chi connectivity index (χ3v) is 4.12. The Morgan fingerprint density at radius 2 is 1.62 bits per heavy atom. The number of hydrogen-bond acceptors (Lipinski definition) is 4. The van der Waals surface area contributed by atoms with Gasteiger partial charge in [-0.15, -0.1) is 0 Å². The summed E-state index contributed by atoms with van der Waals surface area (Å²) in [7, 11) is 0. The zero-order chi connectivity index (χ0) is 18.4. The summed E-state index contributed by atoms with van der Waals surface area (Å²) in [6.45, 7) is 3.28. The Balaban J connectivity index is 1.78. The van der Waals surface area contributed by atoms with E-state index in [0.717, 1.165) is 27.6 Å². The second-order valence-electron chi connectivity index (χ2n) is 5.80. The number of rotatable bonds is 6. The van der Waals surface area contributed by atoms with Crippen molar-refractivity contribution in [3.63, 3.8) is 0 Å². The van der Waals surface area contributed by atoms with Crippen molar-refractivity contribution in [3.8, 4) is 17.9 Å². The zero-order valence-corrected chi connectivity index (χ0v) is 14.5. The van der Waals surface area contributed by atoms with Crippen LogP contribution in [-0.4, -0.2) is 6.61 Å². The predicted octanol–water partition coefficient (Wildman–Crippen LogP) is 4.70. The van der Waals surface area contributed by atoms with Gasteiger partial charge in [0.05, 0.1) is 37.0 Å². The summed E-state index contributed by atoms with van der Waals surface area (Å²) in [6.07, 6.45) is 0. The number of nitrogens with zero attached hydrogens (tertiary/aromatic N) is 2. The molecule has 0 amide bonds. The smallest absolute Gasteiger partial charge is 0.119 e. The number of fused-ring (bicyclic) bond motifs is 1. The van der Waals surface area contributed by atoms with Crippen molar-refractivity contribution in [2.45, 2.75) is 20.1 Å². The summed E-state index contributed by atoms with van der Waals surface area (Å²) in [4.78, 5) is 0. The van der Waals surface area contributed by atoms with Gasteiger partial charge in [-0.1, -0.05) is 36.4 Å². The monoisotopic (exact) mass is 342 g/mol. The topological polar surface area (TPSA) is 66.0 Å². The van der Waals surface area contributed by atoms with E-state index < -0.39 is 0 Å². The molecule has 0 aliphatic rings. The molecule has 0 aromatic heterocycles. The molecule has 0 fully saturated rings. The zero-order valence-electron chi connectivity index (χ0n) is 14.5. The van der Waals surface area contributed by atoms with Crippen LogP contribution in [0.2, 0.25) is 0 Å². The van der Waals surface area contributed by atoms with Crippen molar-refractivity contribution >= 4 is 10.8 Å². The average molecular weight is 342 g/mol. The molecule has 128 valence electrons. The lowest BCUT2D eigenvalue weighted by Gasteiger charge is -2.11. The second-order valence-corrected chi connectivity index (χ2v) is 5.80. The fourth-order valence-corrected chi connectivity index (χ4v) is 2.90. The van der Waals surface area contributed by atoms with Crippen molar-refractivity contribution in [1.82, 2.24) is 0 Å². The summed E-state index contributed by atoms with van der Waals surface area (Å²) < 4.78 is 11.2. The fourth-order valence-electron chi connectivity index (χ4n) is 2.90. The molecule has 3 aromatic rings. The van der Waals surface area contributed by atoms with Crippen LogP contribution in [0.4, 0.5) is 0 Å². The molecule has 0 aliphatic heterocycles. The molecule has 0 atom stereocenters. The van der Waals surface area contributed by atoms with E-state index in [1.165, 1.54) is 0 Å². The third kappa shape index (κ3) is 3.67. The fraction of sp³-hybridized carbons (Fsp3) is 0.182. The highest BCUT2D eigenvalue weighted by molar-refractivity contribution is 5.93. The summed E-state index contributed by atoms with van der Waals surface area (Å²) in [5, 5.41) is 20.6. The van der Waals surface area contributed by atoms with E-state index in [1.54, 1.807) is 6.07 Å². The van der Waals surface area contributed by atoms with E-state index in [1.807, 2.05) is 55.5 Å². The van der Waals surface area contributed by atoms with Gasteiger partial charge in [0, 0.05) is 10.8 Å². The maximum atomic E-state index is 9.58. The van der Waals surface area contributed by atoms with Gasteiger partial charge in [0.25, 0.3) is 0 Å². The molecule has 0 saturated carbocycles. The summed E-state index contributed by atoms with van der Waals surface area (Å²) in [5.41, 5.74) is 2.87. The van der Waals surface area contributed by atoms with E-state index in [-0.39, 0.29) is 6.61 Å². The molecular weight excluding hydrogens is 324 g/mol. The number of benzene rings is 3. The van der Waals surface area contributed by atoms with Crippen LogP contribution in [0, 0.1) is 22.7 Å². The summed E-state index contributed by atoms with van der Waals surface area (Å²) in [6, 6.07) is 21.4. The van der Waals surface area contributed by atoms with Gasteiger partial charge in [0.1, 0.15) is 11.8 Å². The Bertz CT molecular complexity index is 996. The van der Waals surface area contributed by atoms with Gasteiger partial charge in [-0.3, -0.25) is 0 Å². The molecular formula is C22H18N2O2. The molecule has 0 saturated heterocycles. The van der Waals surface area contributed by atoms with Crippen LogP contribution in [-0.2, 0) is 18.0 Å². The van der Waals surface area contributed by atoms with E-state index in [2.05, 4.69) is 12.1 Å². The maximum absolute atomic E-state index is 9.58. The van der Waals surface area contributed by atoms with E-state index in [9.17, 15) is 10.5 Å². The van der Waals surface area contributed by atoms with Gasteiger partial charge in [0.15, 0.2) is 0 Å². The van der Waals surface area contributed by atoms with Gasteiger partial charge in [-0.05, 0) is 36.2 Å². The third-order valence-electron chi connectivity index (χ3n) is 4.12. The predicted molar refractivity (Wildman–Crippen MR) is 99.5 cm³/mol. The molecule has 3 aromatic carbocycles. The van der Waals surface area contributed by atoms with Crippen LogP contribution in [0.3, 0.4) is 0 Å². The molecule has 4 nitrogen and oxygen atoms in total. The Labute approximate surface area is 152 Å². The van der Waals surface area contributed by atoms with E-state index >= 15 is 0 Å². The molecule has 0 radical (unpaired) electrons. The minimum Gasteiger partial charge on any atom is -0.494 e. The molecule has 26 heavy (non-hydrogen) atoms. The normalized spacial score (nSPS) is 10.3. The standard InChI is InChI=1S/C22H18N2O2/c1-2-26-19-9-7-16(8-10-19)14-25-15-18-11-17(12-23)20-5-3-4-6-21(20)22(18)13-24/h3-11H,2,14-15H2,1H3. The minimum atomic E-state index is 0.273. The maximum Gasteiger partial charge on any atom is 0.119 e. The number of nitriles is 2. The summed E-state index contributed by atoms with van der Waals surface area (Å²) in [5.74, 6) is 0.830. The first kappa shape index (κ1) is 17.5. The van der Waals surface area contributed by atoms with Crippen LogP contribution in [0.5, 0.6) is 5.75 Å². The molecule has 0 bridgehead atoms. The lowest BCUT2D eigenvalue weighted by atomic mass is 9.96. The molecule has 0 unspecified atom stereocenters. The van der Waals surface area contributed by atoms with Crippen molar-refractivity contribution in [2.75, 3.05) is 6.61 Å². The number of ether oxygens (including phenoxy) is 2. The van der Waals surface area contributed by atoms with Gasteiger partial charge in [-0.2, -0.15) is 10.5 Å². The molecule has 0 N–H and O–H groups in total. The van der Waals surface area contributed by atoms with Crippen molar-refractivity contribution in [1.29, 1.82) is 10.5 Å². The van der Waals surface area contributed by atoms with Crippen LogP contribution in [0.15, 0.2) is 54.6 Å².